The lowest BCUT2D eigenvalue weighted by Crippen LogP contribution is -2.10. The molecule has 0 amide bonds. The standard InChI is InChI=1S/C10H8BrNO5/c1-2-17-10(14)8-6(5-13)3-4-7(9(8)11)12(15)16/h3-5H,2H2,1H3. The molecule has 90 valence electrons. The number of aldehydes is 1. The van der Waals surface area contributed by atoms with Gasteiger partial charge in [-0.25, -0.2) is 4.79 Å². The van der Waals surface area contributed by atoms with Crippen molar-refractivity contribution in [2.75, 3.05) is 6.61 Å². The van der Waals surface area contributed by atoms with Crippen LogP contribution < -0.4 is 0 Å². The van der Waals surface area contributed by atoms with Gasteiger partial charge in [-0.05, 0) is 28.9 Å². The quantitative estimate of drug-likeness (QED) is 0.369. The molecule has 0 saturated carbocycles. The van der Waals surface area contributed by atoms with Crippen LogP contribution in [0.5, 0.6) is 0 Å². The highest BCUT2D eigenvalue weighted by Crippen LogP contribution is 2.30. The van der Waals surface area contributed by atoms with Crippen LogP contribution in [0.3, 0.4) is 0 Å². The molecule has 0 spiro atoms. The van der Waals surface area contributed by atoms with E-state index in [9.17, 15) is 19.7 Å². The molecule has 1 aromatic carbocycles. The first-order valence-electron chi connectivity index (χ1n) is 4.62. The van der Waals surface area contributed by atoms with Crippen LogP contribution in [0.25, 0.3) is 0 Å². The van der Waals surface area contributed by atoms with Gasteiger partial charge in [0.15, 0.2) is 6.29 Å². The fourth-order valence-corrected chi connectivity index (χ4v) is 1.90. The number of hydrogen-bond donors (Lipinski definition) is 0. The lowest BCUT2D eigenvalue weighted by atomic mass is 10.1. The molecule has 0 aromatic heterocycles. The maximum absolute atomic E-state index is 11.6. The molecule has 17 heavy (non-hydrogen) atoms. The monoisotopic (exact) mass is 301 g/mol. The average Bonchev–Trinajstić information content (AvgIpc) is 2.27. The van der Waals surface area contributed by atoms with Gasteiger partial charge in [0.1, 0.15) is 4.47 Å². The van der Waals surface area contributed by atoms with Gasteiger partial charge in [0.05, 0.1) is 17.1 Å². The third-order valence-electron chi connectivity index (χ3n) is 1.96. The summed E-state index contributed by atoms with van der Waals surface area (Å²) in [6.07, 6.45) is 0.445. The molecule has 6 nitrogen and oxygen atoms in total. The van der Waals surface area contributed by atoms with E-state index in [0.717, 1.165) is 6.07 Å². The smallest absolute Gasteiger partial charge is 0.340 e. The lowest BCUT2D eigenvalue weighted by molar-refractivity contribution is -0.385. The summed E-state index contributed by atoms with van der Waals surface area (Å²) in [6, 6.07) is 2.36. The Morgan fingerprint density at radius 1 is 1.59 bits per heavy atom. The van der Waals surface area contributed by atoms with Gasteiger partial charge in [-0.2, -0.15) is 0 Å². The van der Waals surface area contributed by atoms with E-state index in [2.05, 4.69) is 15.9 Å². The maximum atomic E-state index is 11.6. The number of benzene rings is 1. The molecule has 0 radical (unpaired) electrons. The first-order chi connectivity index (χ1) is 8.02. The summed E-state index contributed by atoms with van der Waals surface area (Å²) in [5.41, 5.74) is -0.379. The Kier molecular flexibility index (Phi) is 4.33. The highest BCUT2D eigenvalue weighted by molar-refractivity contribution is 9.10. The molecule has 0 aliphatic rings. The number of esters is 1. The zero-order chi connectivity index (χ0) is 13.0. The first-order valence-corrected chi connectivity index (χ1v) is 5.41. The van der Waals surface area contributed by atoms with Gasteiger partial charge in [-0.1, -0.05) is 0 Å². The van der Waals surface area contributed by atoms with E-state index in [0.29, 0.717) is 6.29 Å². The third kappa shape index (κ3) is 2.68. The topological polar surface area (TPSA) is 86.5 Å². The number of rotatable bonds is 4. The van der Waals surface area contributed by atoms with Crippen LogP contribution in [-0.4, -0.2) is 23.8 Å². The largest absolute Gasteiger partial charge is 0.462 e. The number of hydrogen-bond acceptors (Lipinski definition) is 5. The molecular weight excluding hydrogens is 294 g/mol. The summed E-state index contributed by atoms with van der Waals surface area (Å²) < 4.78 is 4.69. The summed E-state index contributed by atoms with van der Waals surface area (Å²) in [4.78, 5) is 32.4. The van der Waals surface area contributed by atoms with Crippen LogP contribution in [0, 0.1) is 10.1 Å². The number of nitro benzene ring substituents is 1. The normalized spacial score (nSPS) is 9.76. The number of carbonyl (C=O) groups excluding carboxylic acids is 2. The summed E-state index contributed by atoms with van der Waals surface area (Å²) >= 11 is 2.94. The molecule has 0 aliphatic carbocycles. The highest BCUT2D eigenvalue weighted by atomic mass is 79.9. The Balaban J connectivity index is 3.42. The number of ether oxygens (including phenoxy) is 1. The van der Waals surface area contributed by atoms with Crippen molar-refractivity contribution in [2.24, 2.45) is 0 Å². The third-order valence-corrected chi connectivity index (χ3v) is 2.76. The van der Waals surface area contributed by atoms with Crippen LogP contribution >= 0.6 is 15.9 Å². The van der Waals surface area contributed by atoms with Crippen molar-refractivity contribution >= 4 is 33.9 Å². The molecular formula is C10H8BrNO5. The van der Waals surface area contributed by atoms with Crippen LogP contribution in [0.1, 0.15) is 27.6 Å². The molecule has 7 heteroatoms. The van der Waals surface area contributed by atoms with Gasteiger partial charge < -0.3 is 4.74 Å². The first kappa shape index (κ1) is 13.3. The molecule has 0 N–H and O–H groups in total. The zero-order valence-corrected chi connectivity index (χ0v) is 10.4. The van der Waals surface area contributed by atoms with Crippen LogP contribution in [0.2, 0.25) is 0 Å². The summed E-state index contributed by atoms with van der Waals surface area (Å²) in [6.45, 7) is 1.72. The zero-order valence-electron chi connectivity index (χ0n) is 8.81. The highest BCUT2D eigenvalue weighted by Gasteiger charge is 2.24. The molecule has 0 saturated heterocycles. The minimum atomic E-state index is -0.773. The predicted molar refractivity (Wildman–Crippen MR) is 62.1 cm³/mol. The molecule has 1 aromatic rings. The van der Waals surface area contributed by atoms with Crippen molar-refractivity contribution in [1.29, 1.82) is 0 Å². The van der Waals surface area contributed by atoms with E-state index in [1.165, 1.54) is 6.07 Å². The van der Waals surface area contributed by atoms with Crippen molar-refractivity contribution in [3.8, 4) is 0 Å². The number of nitrogens with zero attached hydrogens (tertiary/aromatic N) is 1. The molecule has 0 aliphatic heterocycles. The molecule has 0 atom stereocenters. The van der Waals surface area contributed by atoms with Crippen molar-refractivity contribution in [2.45, 2.75) is 6.92 Å². The molecule has 0 fully saturated rings. The molecule has 1 rings (SSSR count). The molecule has 0 bridgehead atoms. The Morgan fingerprint density at radius 3 is 2.71 bits per heavy atom. The van der Waals surface area contributed by atoms with E-state index < -0.39 is 10.9 Å². The average molecular weight is 302 g/mol. The number of halogens is 1. The molecule has 0 heterocycles. The SMILES string of the molecule is CCOC(=O)c1c(C=O)ccc([N+](=O)[O-])c1Br. The summed E-state index contributed by atoms with van der Waals surface area (Å²) in [7, 11) is 0. The number of nitro groups is 1. The minimum Gasteiger partial charge on any atom is -0.462 e. The Morgan fingerprint density at radius 2 is 2.24 bits per heavy atom. The van der Waals surface area contributed by atoms with Crippen molar-refractivity contribution in [1.82, 2.24) is 0 Å². The Hall–Kier alpha value is -1.76. The van der Waals surface area contributed by atoms with Gasteiger partial charge in [-0.15, -0.1) is 0 Å². The fourth-order valence-electron chi connectivity index (χ4n) is 1.23. The van der Waals surface area contributed by atoms with Crippen molar-refractivity contribution in [3.05, 3.63) is 37.8 Å². The Labute approximate surface area is 105 Å². The molecule has 0 unspecified atom stereocenters. The van der Waals surface area contributed by atoms with Gasteiger partial charge in [0.25, 0.3) is 5.69 Å². The van der Waals surface area contributed by atoms with Crippen molar-refractivity contribution < 1.29 is 19.2 Å². The second kappa shape index (κ2) is 5.53. The van der Waals surface area contributed by atoms with Crippen LogP contribution in [0.15, 0.2) is 16.6 Å². The van der Waals surface area contributed by atoms with E-state index in [1.54, 1.807) is 6.92 Å². The van der Waals surface area contributed by atoms with Gasteiger partial charge >= 0.3 is 5.97 Å². The van der Waals surface area contributed by atoms with E-state index in [1.807, 2.05) is 0 Å². The van der Waals surface area contributed by atoms with E-state index in [4.69, 9.17) is 4.74 Å². The van der Waals surface area contributed by atoms with Crippen LogP contribution in [-0.2, 0) is 4.74 Å². The van der Waals surface area contributed by atoms with Gasteiger partial charge in [0.2, 0.25) is 0 Å². The maximum Gasteiger partial charge on any atom is 0.340 e. The van der Waals surface area contributed by atoms with E-state index in [-0.39, 0.29) is 27.9 Å². The Bertz CT molecular complexity index is 486. The van der Waals surface area contributed by atoms with Gasteiger partial charge in [-0.3, -0.25) is 14.9 Å². The van der Waals surface area contributed by atoms with Crippen molar-refractivity contribution in [3.63, 3.8) is 0 Å². The van der Waals surface area contributed by atoms with E-state index >= 15 is 0 Å². The predicted octanol–water partition coefficient (Wildman–Crippen LogP) is 2.35. The second-order valence-corrected chi connectivity index (χ2v) is 3.75. The van der Waals surface area contributed by atoms with Gasteiger partial charge in [0, 0.05) is 11.6 Å². The second-order valence-electron chi connectivity index (χ2n) is 2.96. The summed E-state index contributed by atoms with van der Waals surface area (Å²) in [5.74, 6) is -0.773. The van der Waals surface area contributed by atoms with Crippen LogP contribution in [0.4, 0.5) is 5.69 Å². The minimum absolute atomic E-state index is 0.0425. The lowest BCUT2D eigenvalue weighted by Gasteiger charge is -2.07. The summed E-state index contributed by atoms with van der Waals surface area (Å²) in [5, 5.41) is 10.7. The number of carbonyl (C=O) groups is 2. The fraction of sp³-hybridized carbons (Fsp3) is 0.200.